The molecule has 2 aliphatic rings. The highest BCUT2D eigenvalue weighted by atomic mass is 32.2. The predicted octanol–water partition coefficient (Wildman–Crippen LogP) is 1.60. The van der Waals surface area contributed by atoms with Gasteiger partial charge in [-0.05, 0) is 31.9 Å². The van der Waals surface area contributed by atoms with Gasteiger partial charge < -0.3 is 9.47 Å². The summed E-state index contributed by atoms with van der Waals surface area (Å²) in [4.78, 5) is 0.165. The van der Waals surface area contributed by atoms with Crippen LogP contribution in [-0.2, 0) is 23.8 Å². The summed E-state index contributed by atoms with van der Waals surface area (Å²) in [7, 11) is -3.76. The molecule has 0 aliphatic carbocycles. The van der Waals surface area contributed by atoms with E-state index in [1.165, 1.54) is 0 Å². The Hall–Kier alpha value is -0.950. The average molecular weight is 284 g/mol. The van der Waals surface area contributed by atoms with Crippen molar-refractivity contribution in [1.29, 1.82) is 0 Å². The van der Waals surface area contributed by atoms with Crippen LogP contribution in [0.5, 0.6) is 0 Å². The highest BCUT2D eigenvalue weighted by Crippen LogP contribution is 2.31. The molecule has 2 fully saturated rings. The van der Waals surface area contributed by atoms with Gasteiger partial charge in [0.1, 0.15) is 6.10 Å². The molecule has 3 rings (SSSR count). The summed E-state index contributed by atoms with van der Waals surface area (Å²) in [6, 6.07) is 6.59. The van der Waals surface area contributed by atoms with E-state index in [1.807, 2.05) is 6.92 Å². The molecule has 0 saturated carbocycles. The molecule has 1 aromatic rings. The van der Waals surface area contributed by atoms with Gasteiger partial charge in [0.2, 0.25) is 0 Å². The minimum absolute atomic E-state index is 0.0897. The third-order valence-corrected chi connectivity index (χ3v) is 4.76. The zero-order valence-corrected chi connectivity index (χ0v) is 11.4. The van der Waals surface area contributed by atoms with Crippen molar-refractivity contribution in [2.45, 2.75) is 43.2 Å². The second kappa shape index (κ2) is 4.86. The number of hydrogen-bond acceptors (Lipinski definition) is 5. The number of benzene rings is 1. The van der Waals surface area contributed by atoms with Gasteiger partial charge in [-0.1, -0.05) is 17.7 Å². The van der Waals surface area contributed by atoms with Gasteiger partial charge >= 0.3 is 0 Å². The van der Waals surface area contributed by atoms with Crippen molar-refractivity contribution in [2.75, 3.05) is 6.61 Å². The molecule has 0 aromatic heterocycles. The van der Waals surface area contributed by atoms with Gasteiger partial charge in [0.15, 0.2) is 6.29 Å². The Morgan fingerprint density at radius 2 is 1.95 bits per heavy atom. The molecule has 0 spiro atoms. The van der Waals surface area contributed by atoms with E-state index in [0.717, 1.165) is 12.0 Å². The van der Waals surface area contributed by atoms with Gasteiger partial charge in [0, 0.05) is 0 Å². The number of aryl methyl sites for hydroxylation is 1. The third kappa shape index (κ3) is 2.67. The largest absolute Gasteiger partial charge is 0.347 e. The van der Waals surface area contributed by atoms with E-state index in [0.29, 0.717) is 13.0 Å². The maximum Gasteiger partial charge on any atom is 0.297 e. The molecule has 2 saturated heterocycles. The lowest BCUT2D eigenvalue weighted by Crippen LogP contribution is -2.36. The zero-order valence-electron chi connectivity index (χ0n) is 10.6. The van der Waals surface area contributed by atoms with Crippen molar-refractivity contribution in [3.8, 4) is 0 Å². The van der Waals surface area contributed by atoms with E-state index in [4.69, 9.17) is 13.7 Å². The Bertz CT molecular complexity index is 551. The molecule has 19 heavy (non-hydrogen) atoms. The summed E-state index contributed by atoms with van der Waals surface area (Å²) in [6.45, 7) is 2.42. The van der Waals surface area contributed by atoms with Crippen LogP contribution in [0.2, 0.25) is 0 Å². The molecule has 104 valence electrons. The van der Waals surface area contributed by atoms with Crippen molar-refractivity contribution >= 4 is 10.1 Å². The summed E-state index contributed by atoms with van der Waals surface area (Å²) in [6.07, 6.45) is 0.390. The molecule has 1 aromatic carbocycles. The van der Waals surface area contributed by atoms with Crippen LogP contribution in [0.4, 0.5) is 0 Å². The van der Waals surface area contributed by atoms with Gasteiger partial charge in [-0.15, -0.1) is 0 Å². The normalized spacial score (nSPS) is 30.5. The van der Waals surface area contributed by atoms with E-state index >= 15 is 0 Å². The van der Waals surface area contributed by atoms with E-state index in [1.54, 1.807) is 24.3 Å². The van der Waals surface area contributed by atoms with E-state index in [2.05, 4.69) is 0 Å². The second-order valence-corrected chi connectivity index (χ2v) is 6.51. The maximum atomic E-state index is 12.2. The van der Waals surface area contributed by atoms with Crippen molar-refractivity contribution in [2.24, 2.45) is 0 Å². The molecule has 2 heterocycles. The van der Waals surface area contributed by atoms with Crippen molar-refractivity contribution in [3.05, 3.63) is 29.8 Å². The first-order valence-corrected chi connectivity index (χ1v) is 7.72. The third-order valence-electron chi connectivity index (χ3n) is 3.41. The van der Waals surface area contributed by atoms with Crippen molar-refractivity contribution < 1.29 is 22.1 Å². The summed E-state index contributed by atoms with van der Waals surface area (Å²) >= 11 is 0. The highest BCUT2D eigenvalue weighted by molar-refractivity contribution is 7.86. The number of ether oxygens (including phenoxy) is 2. The van der Waals surface area contributed by atoms with Gasteiger partial charge in [0.25, 0.3) is 10.1 Å². The number of rotatable bonds is 3. The van der Waals surface area contributed by atoms with Crippen LogP contribution in [-0.4, -0.2) is 33.5 Å². The van der Waals surface area contributed by atoms with Gasteiger partial charge in [-0.3, -0.25) is 4.18 Å². The van der Waals surface area contributed by atoms with Crippen molar-refractivity contribution in [1.82, 2.24) is 0 Å². The molecule has 0 amide bonds. The van der Waals surface area contributed by atoms with E-state index in [9.17, 15) is 8.42 Å². The SMILES string of the molecule is Cc1ccc(S(=O)(=O)O[C@H]2CC[C@H]3CO[C@@H]2O3)cc1. The number of fused-ring (bicyclic) bond motifs is 2. The minimum atomic E-state index is -3.76. The monoisotopic (exact) mass is 284 g/mol. The lowest BCUT2D eigenvalue weighted by Gasteiger charge is -2.26. The minimum Gasteiger partial charge on any atom is -0.347 e. The Morgan fingerprint density at radius 3 is 2.68 bits per heavy atom. The first kappa shape index (κ1) is 13.1. The maximum absolute atomic E-state index is 12.2. The second-order valence-electron chi connectivity index (χ2n) is 4.94. The smallest absolute Gasteiger partial charge is 0.297 e. The molecule has 0 radical (unpaired) electrons. The first-order chi connectivity index (χ1) is 9.04. The van der Waals surface area contributed by atoms with Crippen LogP contribution in [0.15, 0.2) is 29.2 Å². The molecule has 6 heteroatoms. The lowest BCUT2D eigenvalue weighted by atomic mass is 10.1. The van der Waals surface area contributed by atoms with Gasteiger partial charge in [-0.25, -0.2) is 0 Å². The molecule has 2 bridgehead atoms. The standard InChI is InChI=1S/C13H16O5S/c1-9-2-5-11(6-3-9)19(14,15)18-12-7-4-10-8-16-13(12)17-10/h2-3,5-6,10,12-13H,4,7-8H2,1H3/t10-,12-,13+/m0/s1. The Morgan fingerprint density at radius 1 is 1.21 bits per heavy atom. The Kier molecular flexibility index (Phi) is 3.34. The van der Waals surface area contributed by atoms with Gasteiger partial charge in [0.05, 0.1) is 17.6 Å². The molecule has 2 aliphatic heterocycles. The highest BCUT2D eigenvalue weighted by Gasteiger charge is 2.41. The predicted molar refractivity (Wildman–Crippen MR) is 67.1 cm³/mol. The Balaban J connectivity index is 1.76. The summed E-state index contributed by atoms with van der Waals surface area (Å²) in [5.74, 6) is 0. The van der Waals surface area contributed by atoms with Crippen LogP contribution in [0.1, 0.15) is 18.4 Å². The fraction of sp³-hybridized carbons (Fsp3) is 0.538. The topological polar surface area (TPSA) is 61.8 Å². The van der Waals surface area contributed by atoms with Crippen molar-refractivity contribution in [3.63, 3.8) is 0 Å². The Labute approximate surface area is 112 Å². The quantitative estimate of drug-likeness (QED) is 0.789. The fourth-order valence-corrected chi connectivity index (χ4v) is 3.41. The summed E-state index contributed by atoms with van der Waals surface area (Å²) in [5.41, 5.74) is 1.00. The zero-order chi connectivity index (χ0) is 13.5. The first-order valence-electron chi connectivity index (χ1n) is 6.32. The molecular formula is C13H16O5S. The molecular weight excluding hydrogens is 268 g/mol. The summed E-state index contributed by atoms with van der Waals surface area (Å²) in [5, 5.41) is 0. The molecule has 5 nitrogen and oxygen atoms in total. The molecule has 0 unspecified atom stereocenters. The average Bonchev–Trinajstić information content (AvgIpc) is 2.76. The summed E-state index contributed by atoms with van der Waals surface area (Å²) < 4.78 is 40.4. The van der Waals surface area contributed by atoms with Crippen LogP contribution < -0.4 is 0 Å². The fourth-order valence-electron chi connectivity index (χ4n) is 2.32. The van der Waals surface area contributed by atoms with E-state index < -0.39 is 22.5 Å². The van der Waals surface area contributed by atoms with Crippen LogP contribution in [0.25, 0.3) is 0 Å². The van der Waals surface area contributed by atoms with Crippen LogP contribution >= 0.6 is 0 Å². The number of hydrogen-bond donors (Lipinski definition) is 0. The van der Waals surface area contributed by atoms with Crippen LogP contribution in [0.3, 0.4) is 0 Å². The van der Waals surface area contributed by atoms with Gasteiger partial charge in [-0.2, -0.15) is 8.42 Å². The lowest BCUT2D eigenvalue weighted by molar-refractivity contribution is -0.142. The molecule has 0 N–H and O–H groups in total. The molecule has 3 atom stereocenters. The van der Waals surface area contributed by atoms with Crippen LogP contribution in [0, 0.1) is 6.92 Å². The van der Waals surface area contributed by atoms with E-state index in [-0.39, 0.29) is 11.0 Å².